The smallest absolute Gasteiger partial charge is 0.279 e. The van der Waals surface area contributed by atoms with E-state index in [1.165, 1.54) is 10.8 Å². The van der Waals surface area contributed by atoms with Gasteiger partial charge in [-0.05, 0) is 56.5 Å². The molecule has 166 valence electrons. The van der Waals surface area contributed by atoms with Crippen LogP contribution in [-0.4, -0.2) is 36.8 Å². The summed E-state index contributed by atoms with van der Waals surface area (Å²) >= 11 is 1.56. The molecule has 6 heteroatoms. The molecule has 0 radical (unpaired) electrons. The highest BCUT2D eigenvalue weighted by molar-refractivity contribution is 7.17. The van der Waals surface area contributed by atoms with Crippen molar-refractivity contribution in [2.24, 2.45) is 4.99 Å². The van der Waals surface area contributed by atoms with Crippen LogP contribution in [0.3, 0.4) is 0 Å². The molecule has 0 saturated carbocycles. The highest BCUT2D eigenvalue weighted by atomic mass is 32.1. The minimum atomic E-state index is -0.225. The standard InChI is InChI=1S/C26H29N3O2S/c1-4-28(5-2)21-14-11-20(12-15-21)25(30)27-26-29(17-18-31-6-3)23-16-13-19-9-7-8-10-22(19)24(23)32-26/h7-16H,4-6,17-18H2,1-3H3. The zero-order valence-electron chi connectivity index (χ0n) is 18.9. The van der Waals surface area contributed by atoms with Crippen LogP contribution in [0, 0.1) is 0 Å². The van der Waals surface area contributed by atoms with Gasteiger partial charge in [0.1, 0.15) is 0 Å². The number of hydrogen-bond acceptors (Lipinski definition) is 4. The molecule has 0 bridgehead atoms. The Kier molecular flexibility index (Phi) is 7.02. The fraction of sp³-hybridized carbons (Fsp3) is 0.308. The van der Waals surface area contributed by atoms with Gasteiger partial charge in [0.2, 0.25) is 0 Å². The molecular weight excluding hydrogens is 418 g/mol. The van der Waals surface area contributed by atoms with E-state index in [1.54, 1.807) is 11.3 Å². The van der Waals surface area contributed by atoms with Crippen molar-refractivity contribution >= 4 is 43.9 Å². The van der Waals surface area contributed by atoms with Gasteiger partial charge in [0, 0.05) is 42.9 Å². The van der Waals surface area contributed by atoms with Gasteiger partial charge >= 0.3 is 0 Å². The van der Waals surface area contributed by atoms with E-state index in [2.05, 4.69) is 52.6 Å². The summed E-state index contributed by atoms with van der Waals surface area (Å²) in [7, 11) is 0. The SMILES string of the molecule is CCOCCn1c(=NC(=O)c2ccc(N(CC)CC)cc2)sc2c3ccccc3ccc21. The molecule has 4 aromatic rings. The van der Waals surface area contributed by atoms with Crippen LogP contribution in [0.2, 0.25) is 0 Å². The van der Waals surface area contributed by atoms with E-state index in [0.717, 1.165) is 29.0 Å². The first-order chi connectivity index (χ1) is 15.7. The number of carbonyl (C=O) groups excluding carboxylic acids is 1. The number of fused-ring (bicyclic) bond motifs is 3. The van der Waals surface area contributed by atoms with E-state index in [-0.39, 0.29) is 5.91 Å². The second-order valence-corrected chi connectivity index (χ2v) is 8.48. The van der Waals surface area contributed by atoms with Crippen LogP contribution in [0.4, 0.5) is 5.69 Å². The molecule has 0 unspecified atom stereocenters. The van der Waals surface area contributed by atoms with Crippen LogP contribution in [0.15, 0.2) is 65.7 Å². The molecule has 0 saturated heterocycles. The van der Waals surface area contributed by atoms with Crippen molar-refractivity contribution in [1.29, 1.82) is 0 Å². The van der Waals surface area contributed by atoms with Crippen LogP contribution in [-0.2, 0) is 11.3 Å². The quantitative estimate of drug-likeness (QED) is 0.336. The van der Waals surface area contributed by atoms with Crippen molar-refractivity contribution in [2.75, 3.05) is 31.2 Å². The third-order valence-electron chi connectivity index (χ3n) is 5.68. The predicted octanol–water partition coefficient (Wildman–Crippen LogP) is 5.48. The molecule has 1 heterocycles. The minimum absolute atomic E-state index is 0.225. The summed E-state index contributed by atoms with van der Waals surface area (Å²) in [5.41, 5.74) is 2.79. The van der Waals surface area contributed by atoms with Gasteiger partial charge < -0.3 is 14.2 Å². The van der Waals surface area contributed by atoms with E-state index in [9.17, 15) is 4.79 Å². The fourth-order valence-electron chi connectivity index (χ4n) is 3.96. The van der Waals surface area contributed by atoms with Crippen LogP contribution in [0.5, 0.6) is 0 Å². The number of nitrogens with zero attached hydrogens (tertiary/aromatic N) is 3. The van der Waals surface area contributed by atoms with Gasteiger partial charge in [-0.1, -0.05) is 41.7 Å². The van der Waals surface area contributed by atoms with E-state index >= 15 is 0 Å². The molecule has 0 aliphatic heterocycles. The summed E-state index contributed by atoms with van der Waals surface area (Å²) < 4.78 is 8.84. The Labute approximate surface area is 192 Å². The maximum Gasteiger partial charge on any atom is 0.279 e. The van der Waals surface area contributed by atoms with E-state index < -0.39 is 0 Å². The molecule has 0 N–H and O–H groups in total. The first-order valence-electron chi connectivity index (χ1n) is 11.2. The Bertz CT molecular complexity index is 1280. The molecule has 0 fully saturated rings. The molecule has 0 aliphatic rings. The number of hydrogen-bond donors (Lipinski definition) is 0. The lowest BCUT2D eigenvalue weighted by Crippen LogP contribution is -2.21. The second-order valence-electron chi connectivity index (χ2n) is 7.50. The molecule has 0 atom stereocenters. The molecule has 3 aromatic carbocycles. The molecule has 1 aromatic heterocycles. The van der Waals surface area contributed by atoms with Gasteiger partial charge in [0.25, 0.3) is 5.91 Å². The predicted molar refractivity (Wildman–Crippen MR) is 134 cm³/mol. The Balaban J connectivity index is 1.76. The van der Waals surface area contributed by atoms with Crippen LogP contribution in [0.1, 0.15) is 31.1 Å². The number of thiazole rings is 1. The molecular formula is C26H29N3O2S. The summed E-state index contributed by atoms with van der Waals surface area (Å²) in [6.07, 6.45) is 0. The van der Waals surface area contributed by atoms with Gasteiger partial charge in [-0.2, -0.15) is 4.99 Å². The molecule has 5 nitrogen and oxygen atoms in total. The minimum Gasteiger partial charge on any atom is -0.380 e. The summed E-state index contributed by atoms with van der Waals surface area (Å²) in [6.45, 7) is 10.0. The molecule has 4 rings (SSSR count). The number of ether oxygens (including phenoxy) is 1. The zero-order valence-corrected chi connectivity index (χ0v) is 19.7. The molecule has 1 amide bonds. The summed E-state index contributed by atoms with van der Waals surface area (Å²) in [4.78, 5) is 20.5. The van der Waals surface area contributed by atoms with Crippen molar-refractivity contribution in [3.8, 4) is 0 Å². The normalized spacial score (nSPS) is 12.0. The van der Waals surface area contributed by atoms with Gasteiger partial charge in [0.15, 0.2) is 4.80 Å². The average molecular weight is 448 g/mol. The van der Waals surface area contributed by atoms with E-state index in [4.69, 9.17) is 4.74 Å². The highest BCUT2D eigenvalue weighted by Crippen LogP contribution is 2.27. The van der Waals surface area contributed by atoms with Gasteiger partial charge in [-0.25, -0.2) is 0 Å². The molecule has 0 spiro atoms. The fourth-order valence-corrected chi connectivity index (χ4v) is 5.14. The third kappa shape index (κ3) is 4.47. The van der Waals surface area contributed by atoms with Crippen molar-refractivity contribution < 1.29 is 9.53 Å². The monoisotopic (exact) mass is 447 g/mol. The summed E-state index contributed by atoms with van der Waals surface area (Å²) in [6, 6.07) is 20.3. The number of aromatic nitrogens is 1. The van der Waals surface area contributed by atoms with Crippen LogP contribution < -0.4 is 9.70 Å². The van der Waals surface area contributed by atoms with E-state index in [0.29, 0.717) is 30.1 Å². The van der Waals surface area contributed by atoms with Gasteiger partial charge in [-0.15, -0.1) is 0 Å². The number of carbonyl (C=O) groups is 1. The lowest BCUT2D eigenvalue weighted by atomic mass is 10.1. The Morgan fingerprint density at radius 1 is 1.00 bits per heavy atom. The maximum absolute atomic E-state index is 13.0. The summed E-state index contributed by atoms with van der Waals surface area (Å²) in [5.74, 6) is -0.225. The van der Waals surface area contributed by atoms with Crippen LogP contribution >= 0.6 is 11.3 Å². The molecule has 32 heavy (non-hydrogen) atoms. The lowest BCUT2D eigenvalue weighted by Gasteiger charge is -2.20. The average Bonchev–Trinajstić information content (AvgIpc) is 3.18. The van der Waals surface area contributed by atoms with Crippen LogP contribution in [0.25, 0.3) is 21.0 Å². The van der Waals surface area contributed by atoms with Gasteiger partial charge in [0.05, 0.1) is 16.8 Å². The topological polar surface area (TPSA) is 46.8 Å². The van der Waals surface area contributed by atoms with Crippen molar-refractivity contribution in [1.82, 2.24) is 4.57 Å². The van der Waals surface area contributed by atoms with E-state index in [1.807, 2.05) is 43.3 Å². The van der Waals surface area contributed by atoms with Crippen molar-refractivity contribution in [3.05, 3.63) is 71.0 Å². The highest BCUT2D eigenvalue weighted by Gasteiger charge is 2.12. The number of rotatable bonds is 8. The summed E-state index contributed by atoms with van der Waals surface area (Å²) in [5, 5.41) is 2.36. The Morgan fingerprint density at radius 2 is 1.75 bits per heavy atom. The maximum atomic E-state index is 13.0. The number of benzene rings is 3. The first kappa shape index (κ1) is 22.2. The van der Waals surface area contributed by atoms with Crippen molar-refractivity contribution in [3.63, 3.8) is 0 Å². The third-order valence-corrected chi connectivity index (χ3v) is 6.80. The second kappa shape index (κ2) is 10.1. The Hall–Kier alpha value is -2.96. The van der Waals surface area contributed by atoms with Gasteiger partial charge in [-0.3, -0.25) is 4.79 Å². The Morgan fingerprint density at radius 3 is 2.47 bits per heavy atom. The molecule has 0 aliphatic carbocycles. The largest absolute Gasteiger partial charge is 0.380 e. The lowest BCUT2D eigenvalue weighted by molar-refractivity contribution is 0.0996. The van der Waals surface area contributed by atoms with Crippen molar-refractivity contribution in [2.45, 2.75) is 27.3 Å². The first-order valence-corrected chi connectivity index (χ1v) is 12.0. The zero-order chi connectivity index (χ0) is 22.5. The number of anilines is 1. The number of amides is 1.